The molecule has 6 aromatic carbocycles. The van der Waals surface area contributed by atoms with E-state index in [-0.39, 0.29) is 0 Å². The molecule has 9 aromatic rings. The van der Waals surface area contributed by atoms with Gasteiger partial charge in [-0.25, -0.2) is 4.98 Å². The molecule has 0 radical (unpaired) electrons. The number of para-hydroxylation sites is 1. The van der Waals surface area contributed by atoms with E-state index in [1.165, 1.54) is 32.6 Å². The molecule has 0 saturated heterocycles. The molecule has 0 fully saturated rings. The predicted molar refractivity (Wildman–Crippen MR) is 172 cm³/mol. The minimum Gasteiger partial charge on any atom is -0.438 e. The zero-order valence-electron chi connectivity index (χ0n) is 22.5. The Balaban J connectivity index is 1.36. The molecule has 0 aliphatic rings. The van der Waals surface area contributed by atoms with Gasteiger partial charge in [-0.15, -0.1) is 0 Å². The maximum Gasteiger partial charge on any atom is 0.231 e. The highest BCUT2D eigenvalue weighted by atomic mass is 16.3. The molecular formula is C38H23N3O. The van der Waals surface area contributed by atoms with Crippen LogP contribution >= 0.6 is 0 Å². The molecule has 196 valence electrons. The van der Waals surface area contributed by atoms with Crippen molar-refractivity contribution in [3.63, 3.8) is 0 Å². The van der Waals surface area contributed by atoms with Crippen molar-refractivity contribution in [1.82, 2.24) is 14.5 Å². The van der Waals surface area contributed by atoms with Gasteiger partial charge in [0.1, 0.15) is 5.58 Å². The normalized spacial score (nSPS) is 11.8. The molecule has 0 saturated carbocycles. The number of rotatable bonds is 3. The van der Waals surface area contributed by atoms with E-state index in [4.69, 9.17) is 14.4 Å². The van der Waals surface area contributed by atoms with Gasteiger partial charge in [-0.1, -0.05) is 103 Å². The van der Waals surface area contributed by atoms with E-state index in [0.717, 1.165) is 38.9 Å². The van der Waals surface area contributed by atoms with Crippen LogP contribution in [0.3, 0.4) is 0 Å². The van der Waals surface area contributed by atoms with Crippen LogP contribution in [0, 0.1) is 0 Å². The lowest BCUT2D eigenvalue weighted by molar-refractivity contribution is 0.653. The summed E-state index contributed by atoms with van der Waals surface area (Å²) in [4.78, 5) is 10.0. The Kier molecular flexibility index (Phi) is 4.87. The molecule has 42 heavy (non-hydrogen) atoms. The number of furan rings is 1. The Hall–Kier alpha value is -5.74. The largest absolute Gasteiger partial charge is 0.438 e. The number of aromatic nitrogens is 3. The Labute approximate surface area is 241 Å². The first-order chi connectivity index (χ1) is 20.8. The van der Waals surface area contributed by atoms with Crippen molar-refractivity contribution in [2.24, 2.45) is 0 Å². The Morgan fingerprint density at radius 1 is 0.500 bits per heavy atom. The number of fused-ring (bicyclic) bond motifs is 7. The molecule has 0 N–H and O–H groups in total. The van der Waals surface area contributed by atoms with E-state index in [1.807, 2.05) is 48.5 Å². The number of nitrogens with zero attached hydrogens (tertiary/aromatic N) is 3. The Morgan fingerprint density at radius 2 is 1.19 bits per heavy atom. The van der Waals surface area contributed by atoms with Crippen LogP contribution in [0.2, 0.25) is 0 Å². The zero-order chi connectivity index (χ0) is 27.6. The summed E-state index contributed by atoms with van der Waals surface area (Å²) in [5.74, 6) is 0.649. The summed E-state index contributed by atoms with van der Waals surface area (Å²) in [6.45, 7) is 0. The highest BCUT2D eigenvalue weighted by molar-refractivity contribution is 6.15. The van der Waals surface area contributed by atoms with Crippen LogP contribution in [-0.4, -0.2) is 14.5 Å². The molecule has 4 nitrogen and oxygen atoms in total. The fraction of sp³-hybridized carbons (Fsp3) is 0. The van der Waals surface area contributed by atoms with E-state index >= 15 is 0 Å². The maximum absolute atomic E-state index is 6.42. The highest BCUT2D eigenvalue weighted by Gasteiger charge is 2.20. The summed E-state index contributed by atoms with van der Waals surface area (Å²) in [6, 6.07) is 48.6. The van der Waals surface area contributed by atoms with E-state index in [0.29, 0.717) is 11.5 Å². The topological polar surface area (TPSA) is 43.9 Å². The van der Waals surface area contributed by atoms with Gasteiger partial charge in [0, 0.05) is 33.0 Å². The van der Waals surface area contributed by atoms with Gasteiger partial charge in [0.2, 0.25) is 5.71 Å². The zero-order valence-corrected chi connectivity index (χ0v) is 22.5. The molecule has 3 heterocycles. The molecule has 9 rings (SSSR count). The van der Waals surface area contributed by atoms with Gasteiger partial charge in [0.05, 0.1) is 22.1 Å². The first-order valence-corrected chi connectivity index (χ1v) is 14.1. The van der Waals surface area contributed by atoms with Gasteiger partial charge in [0.25, 0.3) is 0 Å². The Bertz CT molecular complexity index is 2460. The van der Waals surface area contributed by atoms with Crippen LogP contribution < -0.4 is 0 Å². The summed E-state index contributed by atoms with van der Waals surface area (Å²) in [6.07, 6.45) is 0. The third kappa shape index (κ3) is 3.42. The van der Waals surface area contributed by atoms with E-state index in [2.05, 4.69) is 95.6 Å². The first kappa shape index (κ1) is 23.0. The van der Waals surface area contributed by atoms with E-state index < -0.39 is 0 Å². The third-order valence-electron chi connectivity index (χ3n) is 8.19. The van der Waals surface area contributed by atoms with Crippen molar-refractivity contribution < 1.29 is 4.42 Å². The van der Waals surface area contributed by atoms with Crippen molar-refractivity contribution in [2.75, 3.05) is 0 Å². The lowest BCUT2D eigenvalue weighted by Gasteiger charge is -2.09. The molecular weight excluding hydrogens is 514 g/mol. The van der Waals surface area contributed by atoms with Crippen molar-refractivity contribution in [2.45, 2.75) is 0 Å². The third-order valence-corrected chi connectivity index (χ3v) is 8.19. The fourth-order valence-electron chi connectivity index (χ4n) is 6.26. The fourth-order valence-corrected chi connectivity index (χ4v) is 6.26. The summed E-state index contributed by atoms with van der Waals surface area (Å²) in [7, 11) is 0. The van der Waals surface area contributed by atoms with Gasteiger partial charge < -0.3 is 8.98 Å². The van der Waals surface area contributed by atoms with Gasteiger partial charge in [0.15, 0.2) is 5.82 Å². The maximum atomic E-state index is 6.42. The van der Waals surface area contributed by atoms with Crippen LogP contribution in [0.5, 0.6) is 0 Å². The second-order valence-electron chi connectivity index (χ2n) is 10.7. The van der Waals surface area contributed by atoms with Crippen LogP contribution in [0.15, 0.2) is 144 Å². The van der Waals surface area contributed by atoms with Crippen molar-refractivity contribution in [1.29, 1.82) is 0 Å². The van der Waals surface area contributed by atoms with Crippen molar-refractivity contribution >= 4 is 54.6 Å². The Morgan fingerprint density at radius 3 is 2.00 bits per heavy atom. The van der Waals surface area contributed by atoms with Crippen molar-refractivity contribution in [3.05, 3.63) is 140 Å². The van der Waals surface area contributed by atoms with Crippen LogP contribution in [0.1, 0.15) is 0 Å². The molecule has 0 aliphatic heterocycles. The van der Waals surface area contributed by atoms with E-state index in [9.17, 15) is 0 Å². The van der Waals surface area contributed by atoms with Crippen LogP contribution in [0.25, 0.3) is 83.0 Å². The van der Waals surface area contributed by atoms with Gasteiger partial charge in [-0.05, 0) is 47.2 Å². The van der Waals surface area contributed by atoms with Crippen LogP contribution in [-0.2, 0) is 0 Å². The first-order valence-electron chi connectivity index (χ1n) is 14.1. The van der Waals surface area contributed by atoms with Gasteiger partial charge >= 0.3 is 0 Å². The molecule has 0 unspecified atom stereocenters. The lowest BCUT2D eigenvalue weighted by Crippen LogP contribution is -1.95. The number of hydrogen-bond donors (Lipinski definition) is 0. The van der Waals surface area contributed by atoms with Crippen LogP contribution in [0.4, 0.5) is 0 Å². The molecule has 3 aromatic heterocycles. The van der Waals surface area contributed by atoms with E-state index in [1.54, 1.807) is 0 Å². The summed E-state index contributed by atoms with van der Waals surface area (Å²) < 4.78 is 8.78. The van der Waals surface area contributed by atoms with Gasteiger partial charge in [-0.3, -0.25) is 0 Å². The quantitative estimate of drug-likeness (QED) is 0.225. The standard InChI is InChI=1S/C38H23N3O/c1-3-11-24(12-4-1)36-35-31-23-28(19-20-34(31)42-38(35)40-37(39-36)25-13-5-2-6-14-25)41-32-18-10-9-17-29(32)30-21-26-15-7-8-16-27(26)22-33(30)41/h1-23H. The minimum absolute atomic E-state index is 0.586. The number of hydrogen-bond acceptors (Lipinski definition) is 3. The lowest BCUT2D eigenvalue weighted by atomic mass is 10.0. The molecule has 0 atom stereocenters. The minimum atomic E-state index is 0.586. The summed E-state index contributed by atoms with van der Waals surface area (Å²) >= 11 is 0. The molecule has 0 aliphatic carbocycles. The average molecular weight is 538 g/mol. The highest BCUT2D eigenvalue weighted by Crippen LogP contribution is 2.39. The molecule has 0 bridgehead atoms. The number of benzene rings is 6. The monoisotopic (exact) mass is 537 g/mol. The molecule has 4 heteroatoms. The second-order valence-corrected chi connectivity index (χ2v) is 10.7. The molecule has 0 spiro atoms. The smallest absolute Gasteiger partial charge is 0.231 e. The average Bonchev–Trinajstić information content (AvgIpc) is 3.59. The predicted octanol–water partition coefficient (Wildman–Crippen LogP) is 9.96. The SMILES string of the molecule is c1ccc(-c2nc(-c3ccccc3)c3c(n2)oc2ccc(-n4c5ccccc5c5cc6ccccc6cc54)cc23)cc1. The summed E-state index contributed by atoms with van der Waals surface area (Å²) in [5, 5.41) is 6.84. The van der Waals surface area contributed by atoms with Gasteiger partial charge in [-0.2, -0.15) is 4.98 Å². The van der Waals surface area contributed by atoms with Crippen molar-refractivity contribution in [3.8, 4) is 28.3 Å². The second kappa shape index (κ2) is 8.88. The summed E-state index contributed by atoms with van der Waals surface area (Å²) in [5.41, 5.74) is 7.63. The molecule has 0 amide bonds.